The molecule has 0 saturated carbocycles. The third-order valence-electron chi connectivity index (χ3n) is 6.84. The molecule has 0 aliphatic rings. The van der Waals surface area contributed by atoms with Gasteiger partial charge in [0.1, 0.15) is 17.4 Å². The predicted octanol–water partition coefficient (Wildman–Crippen LogP) is 6.34. The lowest BCUT2D eigenvalue weighted by Gasteiger charge is -2.22. The number of halogens is 5. The van der Waals surface area contributed by atoms with Gasteiger partial charge in [0.05, 0.1) is 27.7 Å². The van der Waals surface area contributed by atoms with Crippen molar-refractivity contribution < 1.29 is 40.5 Å². The summed E-state index contributed by atoms with van der Waals surface area (Å²) in [6.45, 7) is 3.14. The van der Waals surface area contributed by atoms with Crippen LogP contribution in [0.5, 0.6) is 0 Å². The normalized spacial score (nSPS) is 12.0. The number of amides is 2. The highest BCUT2D eigenvalue weighted by Gasteiger charge is 2.31. The number of furan rings is 1. The van der Waals surface area contributed by atoms with E-state index in [-0.39, 0.29) is 45.1 Å². The van der Waals surface area contributed by atoms with Gasteiger partial charge in [0, 0.05) is 24.6 Å². The van der Waals surface area contributed by atoms with Crippen LogP contribution in [-0.4, -0.2) is 40.2 Å². The highest BCUT2D eigenvalue weighted by atomic mass is 19.4. The first-order chi connectivity index (χ1) is 20.8. The molecule has 0 fully saturated rings. The zero-order valence-electron chi connectivity index (χ0n) is 23.5. The molecule has 2 aromatic carbocycles. The zero-order chi connectivity index (χ0) is 31.8. The molecule has 0 aliphatic heterocycles. The van der Waals surface area contributed by atoms with E-state index < -0.39 is 53.6 Å². The predicted molar refractivity (Wildman–Crippen MR) is 147 cm³/mol. The minimum absolute atomic E-state index is 0.00664. The Bertz CT molecular complexity index is 1850. The molecule has 0 radical (unpaired) electrons. The maximum absolute atomic E-state index is 15.0. The highest BCUT2D eigenvalue weighted by molar-refractivity contribution is 6.11. The number of nitrogens with one attached hydrogen (secondary N) is 2. The summed E-state index contributed by atoms with van der Waals surface area (Å²) in [5.41, 5.74) is -1.17. The molecule has 5 aromatic rings. The summed E-state index contributed by atoms with van der Waals surface area (Å²) < 4.78 is 79.1. The van der Waals surface area contributed by atoms with Gasteiger partial charge in [-0.25, -0.2) is 13.8 Å². The first kappa shape index (κ1) is 30.3. The molecule has 0 atom stereocenters. The SMILES string of the molecule is CNC(=O)c1c(-c2ccc(F)cc2)oc2nc(CCC(F)(F)F)c(-c3ccc(F)c(C(=O)NC(C)(C)c4ncon4)c3)cc12. The molecule has 0 saturated heterocycles. The number of fused-ring (bicyclic) bond motifs is 1. The molecule has 44 heavy (non-hydrogen) atoms. The summed E-state index contributed by atoms with van der Waals surface area (Å²) >= 11 is 0. The molecular formula is C30H24F5N5O4. The van der Waals surface area contributed by atoms with E-state index in [9.17, 15) is 31.5 Å². The lowest BCUT2D eigenvalue weighted by molar-refractivity contribution is -0.134. The second kappa shape index (κ2) is 11.5. The van der Waals surface area contributed by atoms with E-state index in [4.69, 9.17) is 8.94 Å². The molecule has 0 unspecified atom stereocenters. The van der Waals surface area contributed by atoms with Crippen molar-refractivity contribution in [2.75, 3.05) is 7.05 Å². The van der Waals surface area contributed by atoms with E-state index in [0.29, 0.717) is 5.56 Å². The number of rotatable bonds is 8. The maximum atomic E-state index is 15.0. The number of carbonyl (C=O) groups excluding carboxylic acids is 2. The number of pyridine rings is 1. The van der Waals surface area contributed by atoms with Gasteiger partial charge in [0.25, 0.3) is 11.8 Å². The van der Waals surface area contributed by atoms with Crippen molar-refractivity contribution in [2.45, 2.75) is 38.4 Å². The monoisotopic (exact) mass is 613 g/mol. The van der Waals surface area contributed by atoms with Crippen LogP contribution in [0.1, 0.15) is 52.5 Å². The fraction of sp³-hybridized carbons (Fsp3) is 0.233. The standard InChI is InChI=1S/C30H24F5N5O4/c1-29(2,28-37-14-43-40-28)39-25(41)19-12-16(6-9-21(19)32)18-13-20-23(26(42)36-3)24(15-4-7-17(31)8-5-15)44-27(20)38-22(18)10-11-30(33,34)35/h4-9,12-14H,10-11H2,1-3H3,(H,36,42)(H,39,41). The van der Waals surface area contributed by atoms with Crippen LogP contribution < -0.4 is 10.6 Å². The Labute approximate surface area is 246 Å². The minimum Gasteiger partial charge on any atom is -0.437 e. The van der Waals surface area contributed by atoms with Gasteiger partial charge in [-0.05, 0) is 68.3 Å². The number of benzene rings is 2. The second-order valence-corrected chi connectivity index (χ2v) is 10.4. The number of aromatic nitrogens is 3. The molecule has 3 heterocycles. The van der Waals surface area contributed by atoms with Crippen LogP contribution in [0, 0.1) is 11.6 Å². The second-order valence-electron chi connectivity index (χ2n) is 10.4. The van der Waals surface area contributed by atoms with Crippen LogP contribution in [0.15, 0.2) is 63.9 Å². The van der Waals surface area contributed by atoms with E-state index in [1.54, 1.807) is 13.8 Å². The smallest absolute Gasteiger partial charge is 0.389 e. The Morgan fingerprint density at radius 1 is 0.955 bits per heavy atom. The van der Waals surface area contributed by atoms with E-state index in [0.717, 1.165) is 24.6 Å². The van der Waals surface area contributed by atoms with Crippen molar-refractivity contribution in [1.82, 2.24) is 25.8 Å². The fourth-order valence-corrected chi connectivity index (χ4v) is 4.63. The summed E-state index contributed by atoms with van der Waals surface area (Å²) in [7, 11) is 1.38. The maximum Gasteiger partial charge on any atom is 0.389 e. The van der Waals surface area contributed by atoms with E-state index in [1.165, 1.54) is 37.4 Å². The Morgan fingerprint density at radius 3 is 2.30 bits per heavy atom. The lowest BCUT2D eigenvalue weighted by Crippen LogP contribution is -2.42. The van der Waals surface area contributed by atoms with Gasteiger partial charge < -0.3 is 19.6 Å². The zero-order valence-corrected chi connectivity index (χ0v) is 23.5. The van der Waals surface area contributed by atoms with Crippen molar-refractivity contribution in [3.05, 3.63) is 89.2 Å². The quantitative estimate of drug-likeness (QED) is 0.196. The van der Waals surface area contributed by atoms with Gasteiger partial charge in [0.2, 0.25) is 12.1 Å². The summed E-state index contributed by atoms with van der Waals surface area (Å²) in [6, 6.07) is 9.96. The third kappa shape index (κ3) is 6.14. The van der Waals surface area contributed by atoms with Gasteiger partial charge in [-0.1, -0.05) is 11.2 Å². The first-order valence-corrected chi connectivity index (χ1v) is 13.2. The Balaban J connectivity index is 1.66. The number of alkyl halides is 3. The van der Waals surface area contributed by atoms with Gasteiger partial charge in [0.15, 0.2) is 5.82 Å². The summed E-state index contributed by atoms with van der Waals surface area (Å²) in [4.78, 5) is 34.5. The summed E-state index contributed by atoms with van der Waals surface area (Å²) in [5.74, 6) is -2.72. The van der Waals surface area contributed by atoms with Crippen molar-refractivity contribution in [3.8, 4) is 22.5 Å². The first-order valence-electron chi connectivity index (χ1n) is 13.2. The fourth-order valence-electron chi connectivity index (χ4n) is 4.63. The molecule has 2 N–H and O–H groups in total. The van der Waals surface area contributed by atoms with Crippen LogP contribution >= 0.6 is 0 Å². The molecule has 3 aromatic heterocycles. The molecule has 0 aliphatic carbocycles. The molecule has 0 bridgehead atoms. The lowest BCUT2D eigenvalue weighted by atomic mass is 9.96. The third-order valence-corrected chi connectivity index (χ3v) is 6.84. The molecule has 9 nitrogen and oxygen atoms in total. The molecule has 5 rings (SSSR count). The van der Waals surface area contributed by atoms with Crippen LogP contribution in [0.2, 0.25) is 0 Å². The van der Waals surface area contributed by atoms with Crippen LogP contribution in [0.25, 0.3) is 33.6 Å². The Hall–Kier alpha value is -5.14. The average Bonchev–Trinajstić information content (AvgIpc) is 3.64. The van der Waals surface area contributed by atoms with Crippen molar-refractivity contribution in [3.63, 3.8) is 0 Å². The summed E-state index contributed by atoms with van der Waals surface area (Å²) in [5, 5.41) is 8.96. The molecule has 2 amide bonds. The Kier molecular flexibility index (Phi) is 7.93. The Morgan fingerprint density at radius 2 is 1.66 bits per heavy atom. The van der Waals surface area contributed by atoms with Gasteiger partial charge in [-0.2, -0.15) is 18.2 Å². The summed E-state index contributed by atoms with van der Waals surface area (Å²) in [6.07, 6.45) is -5.28. The number of hydrogen-bond donors (Lipinski definition) is 2. The largest absolute Gasteiger partial charge is 0.437 e. The highest BCUT2D eigenvalue weighted by Crippen LogP contribution is 2.38. The topological polar surface area (TPSA) is 123 Å². The van der Waals surface area contributed by atoms with Crippen LogP contribution in [-0.2, 0) is 12.0 Å². The van der Waals surface area contributed by atoms with Crippen LogP contribution in [0.4, 0.5) is 22.0 Å². The van der Waals surface area contributed by atoms with Gasteiger partial charge in [-0.3, -0.25) is 9.59 Å². The van der Waals surface area contributed by atoms with E-state index in [1.807, 2.05) is 0 Å². The van der Waals surface area contributed by atoms with E-state index >= 15 is 0 Å². The van der Waals surface area contributed by atoms with Crippen molar-refractivity contribution in [1.29, 1.82) is 0 Å². The van der Waals surface area contributed by atoms with Crippen molar-refractivity contribution in [2.24, 2.45) is 0 Å². The molecule has 0 spiro atoms. The molecule has 228 valence electrons. The minimum atomic E-state index is -4.53. The number of hydrogen-bond acceptors (Lipinski definition) is 7. The van der Waals surface area contributed by atoms with Gasteiger partial charge in [-0.15, -0.1) is 0 Å². The number of nitrogens with zero attached hydrogens (tertiary/aromatic N) is 3. The van der Waals surface area contributed by atoms with Crippen molar-refractivity contribution >= 4 is 22.9 Å². The number of aryl methyl sites for hydroxylation is 1. The molecule has 14 heteroatoms. The van der Waals surface area contributed by atoms with Crippen LogP contribution in [0.3, 0.4) is 0 Å². The van der Waals surface area contributed by atoms with Gasteiger partial charge >= 0.3 is 6.18 Å². The number of carbonyl (C=O) groups is 2. The van der Waals surface area contributed by atoms with E-state index in [2.05, 4.69) is 25.8 Å². The average molecular weight is 614 g/mol. The molecular weight excluding hydrogens is 589 g/mol.